The van der Waals surface area contributed by atoms with E-state index in [1.54, 1.807) is 23.0 Å². The van der Waals surface area contributed by atoms with E-state index in [9.17, 15) is 4.79 Å². The number of aromatic nitrogens is 4. The molecule has 156 valence electrons. The molecule has 4 aromatic heterocycles. The zero-order chi connectivity index (χ0) is 20.5. The first-order valence-electron chi connectivity index (χ1n) is 10.4. The molecule has 1 aliphatic heterocycles. The number of rotatable bonds is 2. The number of piperazine rings is 1. The summed E-state index contributed by atoms with van der Waals surface area (Å²) in [5.41, 5.74) is 7.33. The predicted molar refractivity (Wildman–Crippen MR) is 116 cm³/mol. The number of nitrogens with one attached hydrogen (secondary N) is 2. The summed E-state index contributed by atoms with van der Waals surface area (Å²) in [4.78, 5) is 22.8. The molecule has 0 aromatic carbocycles. The lowest BCUT2D eigenvalue weighted by Gasteiger charge is -2.28. The largest absolute Gasteiger partial charge is 0.454 e. The number of nitrogens with zero attached hydrogens (tertiary/aromatic N) is 4. The van der Waals surface area contributed by atoms with Crippen LogP contribution in [0.3, 0.4) is 0 Å². The Labute approximate surface area is 172 Å². The first-order chi connectivity index (χ1) is 14.7. The summed E-state index contributed by atoms with van der Waals surface area (Å²) < 4.78 is 7.66. The van der Waals surface area contributed by atoms with Crippen molar-refractivity contribution >= 4 is 22.4 Å². The van der Waals surface area contributed by atoms with Crippen LogP contribution in [-0.2, 0) is 0 Å². The molecule has 1 saturated heterocycles. The fourth-order valence-corrected chi connectivity index (χ4v) is 3.72. The summed E-state index contributed by atoms with van der Waals surface area (Å²) in [5, 5.41) is 7.08. The van der Waals surface area contributed by atoms with Gasteiger partial charge in [-0.05, 0) is 31.0 Å². The molecule has 9 heteroatoms. The summed E-state index contributed by atoms with van der Waals surface area (Å²) in [6.45, 7) is 3.71. The summed E-state index contributed by atoms with van der Waals surface area (Å²) in [7, 11) is 0. The summed E-state index contributed by atoms with van der Waals surface area (Å²) in [6.07, 6.45) is 7.35. The Morgan fingerprint density at radius 2 is 1.93 bits per heavy atom. The van der Waals surface area contributed by atoms with Crippen LogP contribution in [0, 0.1) is 0 Å². The van der Waals surface area contributed by atoms with Crippen molar-refractivity contribution in [3.63, 3.8) is 0 Å². The van der Waals surface area contributed by atoms with Crippen molar-refractivity contribution < 1.29 is 4.42 Å². The van der Waals surface area contributed by atoms with E-state index in [2.05, 4.69) is 25.3 Å². The minimum absolute atomic E-state index is 0.189. The average Bonchev–Trinajstić information content (AvgIpc) is 3.36. The number of furan rings is 1. The molecule has 4 N–H and O–H groups in total. The number of hydrogen-bond donors (Lipinski definition) is 3. The second-order valence-corrected chi connectivity index (χ2v) is 7.73. The van der Waals surface area contributed by atoms with E-state index in [4.69, 9.17) is 10.2 Å². The monoisotopic (exact) mass is 407 g/mol. The van der Waals surface area contributed by atoms with Crippen LogP contribution in [0.1, 0.15) is 19.3 Å². The van der Waals surface area contributed by atoms with E-state index in [1.165, 1.54) is 25.3 Å². The second-order valence-electron chi connectivity index (χ2n) is 7.73. The molecule has 1 aliphatic carbocycles. The molecule has 0 unspecified atom stereocenters. The number of pyridine rings is 1. The molecule has 0 spiro atoms. The van der Waals surface area contributed by atoms with Gasteiger partial charge in [-0.3, -0.25) is 9.89 Å². The van der Waals surface area contributed by atoms with Gasteiger partial charge in [-0.15, -0.1) is 0 Å². The quantitative estimate of drug-likeness (QED) is 0.463. The van der Waals surface area contributed by atoms with Crippen molar-refractivity contribution in [3.05, 3.63) is 47.0 Å². The van der Waals surface area contributed by atoms with Gasteiger partial charge in [-0.2, -0.15) is 0 Å². The Bertz CT molecular complexity index is 1220. The molecule has 2 aliphatic rings. The van der Waals surface area contributed by atoms with Gasteiger partial charge in [0, 0.05) is 44.5 Å². The summed E-state index contributed by atoms with van der Waals surface area (Å²) >= 11 is 0. The van der Waals surface area contributed by atoms with Crippen LogP contribution in [0.4, 0.5) is 5.82 Å². The van der Waals surface area contributed by atoms with Gasteiger partial charge in [0.25, 0.3) is 5.56 Å². The Hall–Kier alpha value is -3.17. The minimum Gasteiger partial charge on any atom is -0.454 e. The fourth-order valence-electron chi connectivity index (χ4n) is 3.72. The van der Waals surface area contributed by atoms with Gasteiger partial charge in [0.05, 0.1) is 11.6 Å². The third-order valence-electron chi connectivity index (χ3n) is 5.64. The number of nitrogens with two attached hydrogens (primary N) is 1. The Balaban J connectivity index is 0.000000340. The van der Waals surface area contributed by atoms with Crippen molar-refractivity contribution in [1.29, 1.82) is 0 Å². The van der Waals surface area contributed by atoms with E-state index in [-0.39, 0.29) is 5.56 Å². The molecule has 2 fully saturated rings. The van der Waals surface area contributed by atoms with E-state index >= 15 is 0 Å². The highest BCUT2D eigenvalue weighted by molar-refractivity contribution is 5.92. The molecule has 5 heterocycles. The van der Waals surface area contributed by atoms with Crippen molar-refractivity contribution in [2.45, 2.75) is 25.3 Å². The maximum Gasteiger partial charge on any atom is 0.263 e. The Morgan fingerprint density at radius 3 is 2.67 bits per heavy atom. The van der Waals surface area contributed by atoms with Crippen molar-refractivity contribution in [3.8, 4) is 11.5 Å². The van der Waals surface area contributed by atoms with E-state index in [0.29, 0.717) is 23.1 Å². The zero-order valence-electron chi connectivity index (χ0n) is 16.7. The number of hydrogen-bond acceptors (Lipinski definition) is 7. The van der Waals surface area contributed by atoms with Crippen LogP contribution >= 0.6 is 0 Å². The standard InChI is InChI=1S/C17H16N6O2.C4H9N/c24-16-2-1-15-20-10-12(23(15)21-16)14-9-11-13(25-14)3-4-19-17(11)22-7-5-18-6-8-22;5-4-2-1-3-4/h1-4,9-10,18H,5-8H2,(H,21,24);4H,1-3,5H2. The fraction of sp³-hybridized carbons (Fsp3) is 0.381. The lowest BCUT2D eigenvalue weighted by atomic mass is 9.95. The van der Waals surface area contributed by atoms with E-state index < -0.39 is 0 Å². The molecule has 9 nitrogen and oxygen atoms in total. The molecule has 0 amide bonds. The van der Waals surface area contributed by atoms with Gasteiger partial charge in [0.1, 0.15) is 17.1 Å². The lowest BCUT2D eigenvalue weighted by molar-refractivity contribution is 0.418. The van der Waals surface area contributed by atoms with Crippen LogP contribution in [0.2, 0.25) is 0 Å². The van der Waals surface area contributed by atoms with Gasteiger partial charge >= 0.3 is 0 Å². The topological polar surface area (TPSA) is 117 Å². The number of imidazole rings is 1. The lowest BCUT2D eigenvalue weighted by Crippen LogP contribution is -2.43. The summed E-state index contributed by atoms with van der Waals surface area (Å²) in [5.74, 6) is 1.57. The van der Waals surface area contributed by atoms with E-state index in [0.717, 1.165) is 43.0 Å². The molecule has 0 radical (unpaired) electrons. The minimum atomic E-state index is -0.189. The number of fused-ring (bicyclic) bond motifs is 2. The van der Waals surface area contributed by atoms with E-state index in [1.807, 2.05) is 12.1 Å². The van der Waals surface area contributed by atoms with Gasteiger partial charge in [-0.1, -0.05) is 6.42 Å². The molecule has 4 aromatic rings. The maximum atomic E-state index is 11.6. The SMILES string of the molecule is NC1CCC1.O=c1ccc2ncc(-c3cc4c(N5CCNCC5)nccc4o3)n2[nH]1. The highest BCUT2D eigenvalue weighted by Crippen LogP contribution is 2.32. The van der Waals surface area contributed by atoms with Crippen LogP contribution in [0.5, 0.6) is 0 Å². The highest BCUT2D eigenvalue weighted by atomic mass is 16.3. The van der Waals surface area contributed by atoms with Crippen LogP contribution in [-0.4, -0.2) is 51.8 Å². The molecular formula is C21H25N7O2. The zero-order valence-corrected chi connectivity index (χ0v) is 16.7. The molecule has 6 rings (SSSR count). The number of anilines is 1. The molecule has 0 bridgehead atoms. The Morgan fingerprint density at radius 1 is 1.13 bits per heavy atom. The van der Waals surface area contributed by atoms with Gasteiger partial charge in [0.15, 0.2) is 11.4 Å². The Kier molecular flexibility index (Phi) is 4.97. The maximum absolute atomic E-state index is 11.6. The first kappa shape index (κ1) is 18.8. The molecule has 1 saturated carbocycles. The van der Waals surface area contributed by atoms with Crippen molar-refractivity contribution in [2.24, 2.45) is 5.73 Å². The van der Waals surface area contributed by atoms with Crippen molar-refractivity contribution in [1.82, 2.24) is 24.9 Å². The third kappa shape index (κ3) is 3.57. The van der Waals surface area contributed by atoms with Gasteiger partial charge in [-0.25, -0.2) is 14.5 Å². The average molecular weight is 407 g/mol. The van der Waals surface area contributed by atoms with Gasteiger partial charge in [0.2, 0.25) is 0 Å². The highest BCUT2D eigenvalue weighted by Gasteiger charge is 2.19. The molecule has 30 heavy (non-hydrogen) atoms. The first-order valence-corrected chi connectivity index (χ1v) is 10.4. The third-order valence-corrected chi connectivity index (χ3v) is 5.64. The van der Waals surface area contributed by atoms with Crippen LogP contribution < -0.4 is 21.5 Å². The predicted octanol–water partition coefficient (Wildman–Crippen LogP) is 1.74. The van der Waals surface area contributed by atoms with Crippen LogP contribution in [0.25, 0.3) is 28.1 Å². The number of aromatic amines is 1. The van der Waals surface area contributed by atoms with Crippen LogP contribution in [0.15, 0.2) is 45.9 Å². The van der Waals surface area contributed by atoms with Gasteiger partial charge < -0.3 is 20.4 Å². The van der Waals surface area contributed by atoms with Crippen molar-refractivity contribution in [2.75, 3.05) is 31.1 Å². The normalized spacial score (nSPS) is 17.0. The number of H-pyrrole nitrogens is 1. The molecular weight excluding hydrogens is 382 g/mol. The molecule has 0 atom stereocenters. The second kappa shape index (κ2) is 7.92. The smallest absolute Gasteiger partial charge is 0.263 e. The summed E-state index contributed by atoms with van der Waals surface area (Å²) in [6, 6.07) is 7.52.